The molecule has 1 aromatic heterocycles. The SMILES string of the molecule is Cc1cccc(C(=O)NCc2nnn3c2COC2(CCN(C(=O)c4cc(F)ccc4F)C2)C3)c1. The van der Waals surface area contributed by atoms with E-state index in [0.717, 1.165) is 29.5 Å². The van der Waals surface area contributed by atoms with Crippen molar-refractivity contribution in [3.8, 4) is 0 Å². The minimum atomic E-state index is -0.757. The predicted molar refractivity (Wildman–Crippen MR) is 117 cm³/mol. The van der Waals surface area contributed by atoms with Crippen LogP contribution in [0.15, 0.2) is 42.5 Å². The van der Waals surface area contributed by atoms with Crippen LogP contribution in [-0.2, 0) is 24.4 Å². The number of carbonyl (C=O) groups is 2. The summed E-state index contributed by atoms with van der Waals surface area (Å²) in [6, 6.07) is 10.2. The van der Waals surface area contributed by atoms with Crippen LogP contribution in [0, 0.1) is 18.6 Å². The Balaban J connectivity index is 1.24. The Bertz CT molecular complexity index is 1280. The van der Waals surface area contributed by atoms with Gasteiger partial charge in [0.05, 0.1) is 37.5 Å². The van der Waals surface area contributed by atoms with Gasteiger partial charge in [0.15, 0.2) is 0 Å². The molecule has 0 aliphatic carbocycles. The third-order valence-corrected chi connectivity index (χ3v) is 6.33. The van der Waals surface area contributed by atoms with Crippen molar-refractivity contribution < 1.29 is 23.1 Å². The number of hydrogen-bond acceptors (Lipinski definition) is 5. The van der Waals surface area contributed by atoms with Gasteiger partial charge < -0.3 is 15.0 Å². The van der Waals surface area contributed by atoms with E-state index in [9.17, 15) is 18.4 Å². The smallest absolute Gasteiger partial charge is 0.257 e. The molecule has 8 nitrogen and oxygen atoms in total. The van der Waals surface area contributed by atoms with E-state index in [-0.39, 0.29) is 31.2 Å². The Morgan fingerprint density at radius 2 is 2.03 bits per heavy atom. The standard InChI is InChI=1S/C24H23F2N5O3/c1-15-3-2-4-16(9-15)22(32)27-11-20-21-12-34-24(14-31(21)29-28-20)7-8-30(13-24)23(33)18-10-17(25)5-6-19(18)26/h2-6,9-10H,7-8,11-14H2,1H3,(H,27,32). The summed E-state index contributed by atoms with van der Waals surface area (Å²) >= 11 is 0. The van der Waals surface area contributed by atoms with Crippen LogP contribution in [0.5, 0.6) is 0 Å². The Labute approximate surface area is 194 Å². The molecule has 1 spiro atoms. The third-order valence-electron chi connectivity index (χ3n) is 6.33. The summed E-state index contributed by atoms with van der Waals surface area (Å²) < 4.78 is 35.5. The number of benzene rings is 2. The molecule has 2 aliphatic heterocycles. The maximum atomic E-state index is 14.1. The summed E-state index contributed by atoms with van der Waals surface area (Å²) in [7, 11) is 0. The molecule has 1 fully saturated rings. The lowest BCUT2D eigenvalue weighted by Crippen LogP contribution is -2.45. The first-order valence-corrected chi connectivity index (χ1v) is 11.0. The quantitative estimate of drug-likeness (QED) is 0.637. The highest BCUT2D eigenvalue weighted by Crippen LogP contribution is 2.33. The molecule has 10 heteroatoms. The highest BCUT2D eigenvalue weighted by Gasteiger charge is 2.45. The van der Waals surface area contributed by atoms with Gasteiger partial charge in [-0.05, 0) is 43.7 Å². The third kappa shape index (κ3) is 4.16. The van der Waals surface area contributed by atoms with Gasteiger partial charge >= 0.3 is 0 Å². The number of rotatable bonds is 4. The average Bonchev–Trinajstić information content (AvgIpc) is 3.42. The molecule has 3 aromatic rings. The molecule has 0 bridgehead atoms. The van der Waals surface area contributed by atoms with Crippen molar-refractivity contribution in [2.75, 3.05) is 13.1 Å². The number of nitrogens with one attached hydrogen (secondary N) is 1. The minimum absolute atomic E-state index is 0.201. The minimum Gasteiger partial charge on any atom is -0.365 e. The van der Waals surface area contributed by atoms with Crippen molar-refractivity contribution >= 4 is 11.8 Å². The monoisotopic (exact) mass is 467 g/mol. The van der Waals surface area contributed by atoms with E-state index < -0.39 is 23.1 Å². The van der Waals surface area contributed by atoms with Crippen molar-refractivity contribution in [1.29, 1.82) is 0 Å². The molecule has 1 atom stereocenters. The first-order chi connectivity index (χ1) is 16.3. The van der Waals surface area contributed by atoms with Gasteiger partial charge in [-0.15, -0.1) is 5.10 Å². The second-order valence-corrected chi connectivity index (χ2v) is 8.77. The van der Waals surface area contributed by atoms with E-state index in [1.807, 2.05) is 25.1 Å². The molecule has 1 saturated heterocycles. The van der Waals surface area contributed by atoms with Crippen LogP contribution in [0.3, 0.4) is 0 Å². The largest absolute Gasteiger partial charge is 0.365 e. The number of hydrogen-bond donors (Lipinski definition) is 1. The van der Waals surface area contributed by atoms with Gasteiger partial charge in [0.25, 0.3) is 11.8 Å². The Morgan fingerprint density at radius 1 is 1.18 bits per heavy atom. The van der Waals surface area contributed by atoms with Crippen LogP contribution in [0.25, 0.3) is 0 Å². The van der Waals surface area contributed by atoms with Gasteiger partial charge in [-0.25, -0.2) is 13.5 Å². The van der Waals surface area contributed by atoms with Crippen molar-refractivity contribution in [3.63, 3.8) is 0 Å². The zero-order valence-electron chi connectivity index (χ0n) is 18.6. The van der Waals surface area contributed by atoms with E-state index in [4.69, 9.17) is 4.74 Å². The fraction of sp³-hybridized carbons (Fsp3) is 0.333. The highest BCUT2D eigenvalue weighted by atomic mass is 19.1. The van der Waals surface area contributed by atoms with Gasteiger partial charge in [0.1, 0.15) is 22.9 Å². The number of aryl methyl sites for hydroxylation is 1. The highest BCUT2D eigenvalue weighted by molar-refractivity contribution is 5.95. The number of halogens is 2. The van der Waals surface area contributed by atoms with Crippen LogP contribution < -0.4 is 5.32 Å². The van der Waals surface area contributed by atoms with Gasteiger partial charge in [-0.3, -0.25) is 9.59 Å². The maximum Gasteiger partial charge on any atom is 0.257 e. The number of ether oxygens (including phenoxy) is 1. The average molecular weight is 467 g/mol. The van der Waals surface area contributed by atoms with E-state index in [1.54, 1.807) is 10.7 Å². The summed E-state index contributed by atoms with van der Waals surface area (Å²) in [5.41, 5.74) is 1.97. The molecular formula is C24H23F2N5O3. The molecule has 1 N–H and O–H groups in total. The van der Waals surface area contributed by atoms with Crippen LogP contribution in [0.1, 0.15) is 44.1 Å². The second kappa shape index (κ2) is 8.60. The van der Waals surface area contributed by atoms with Crippen molar-refractivity contribution in [2.24, 2.45) is 0 Å². The molecular weight excluding hydrogens is 444 g/mol. The molecule has 0 radical (unpaired) electrons. The fourth-order valence-electron chi connectivity index (χ4n) is 4.48. The van der Waals surface area contributed by atoms with E-state index in [0.29, 0.717) is 30.8 Å². The molecule has 1 unspecified atom stereocenters. The molecule has 176 valence electrons. The molecule has 2 aromatic carbocycles. The molecule has 0 saturated carbocycles. The van der Waals surface area contributed by atoms with Crippen LogP contribution >= 0.6 is 0 Å². The second-order valence-electron chi connectivity index (χ2n) is 8.77. The number of likely N-dealkylation sites (tertiary alicyclic amines) is 1. The summed E-state index contributed by atoms with van der Waals surface area (Å²) in [4.78, 5) is 26.7. The molecule has 34 heavy (non-hydrogen) atoms. The number of carbonyl (C=O) groups excluding carboxylic acids is 2. The van der Waals surface area contributed by atoms with Gasteiger partial charge in [0, 0.05) is 12.1 Å². The predicted octanol–water partition coefficient (Wildman–Crippen LogP) is 2.61. The Morgan fingerprint density at radius 3 is 2.85 bits per heavy atom. The summed E-state index contributed by atoms with van der Waals surface area (Å²) in [6.07, 6.45) is 0.536. The van der Waals surface area contributed by atoms with Gasteiger partial charge in [-0.1, -0.05) is 22.9 Å². The van der Waals surface area contributed by atoms with Crippen molar-refractivity contribution in [1.82, 2.24) is 25.2 Å². The summed E-state index contributed by atoms with van der Waals surface area (Å²) in [6.45, 7) is 3.32. The van der Waals surface area contributed by atoms with Crippen LogP contribution in [0.2, 0.25) is 0 Å². The first-order valence-electron chi connectivity index (χ1n) is 11.0. The van der Waals surface area contributed by atoms with E-state index >= 15 is 0 Å². The maximum absolute atomic E-state index is 14.1. The van der Waals surface area contributed by atoms with Crippen molar-refractivity contribution in [2.45, 2.75) is 38.6 Å². The molecule has 3 heterocycles. The van der Waals surface area contributed by atoms with Gasteiger partial charge in [-0.2, -0.15) is 0 Å². The number of nitrogens with zero attached hydrogens (tertiary/aromatic N) is 4. The van der Waals surface area contributed by atoms with Crippen LogP contribution in [0.4, 0.5) is 8.78 Å². The normalized spacial score (nSPS) is 19.3. The lowest BCUT2D eigenvalue weighted by atomic mass is 10.0. The Kier molecular flexibility index (Phi) is 5.60. The zero-order chi connectivity index (χ0) is 23.9. The Hall–Kier alpha value is -3.66. The lowest BCUT2D eigenvalue weighted by Gasteiger charge is -2.34. The number of fused-ring (bicyclic) bond motifs is 1. The molecule has 2 amide bonds. The van der Waals surface area contributed by atoms with Crippen LogP contribution in [-0.4, -0.2) is 50.4 Å². The van der Waals surface area contributed by atoms with E-state index in [1.165, 1.54) is 4.90 Å². The van der Waals surface area contributed by atoms with Crippen molar-refractivity contribution in [3.05, 3.63) is 82.2 Å². The van der Waals surface area contributed by atoms with Gasteiger partial charge in [0.2, 0.25) is 0 Å². The first kappa shape index (κ1) is 22.1. The number of aromatic nitrogens is 3. The molecule has 2 aliphatic rings. The topological polar surface area (TPSA) is 89.3 Å². The number of amides is 2. The van der Waals surface area contributed by atoms with E-state index in [2.05, 4.69) is 15.6 Å². The summed E-state index contributed by atoms with van der Waals surface area (Å²) in [5.74, 6) is -2.19. The lowest BCUT2D eigenvalue weighted by molar-refractivity contribution is -0.0828. The summed E-state index contributed by atoms with van der Waals surface area (Å²) in [5, 5.41) is 11.3. The zero-order valence-corrected chi connectivity index (χ0v) is 18.6. The fourth-order valence-corrected chi connectivity index (χ4v) is 4.48. The molecule has 5 rings (SSSR count).